The zero-order chi connectivity index (χ0) is 15.4. The molecule has 8 heteroatoms. The van der Waals surface area contributed by atoms with Gasteiger partial charge in [-0.2, -0.15) is 5.10 Å². The van der Waals surface area contributed by atoms with E-state index in [0.717, 1.165) is 0 Å². The predicted octanol–water partition coefficient (Wildman–Crippen LogP) is 0.386. The monoisotopic (exact) mass is 289 g/mol. The van der Waals surface area contributed by atoms with E-state index in [0.29, 0.717) is 0 Å². The van der Waals surface area contributed by atoms with E-state index in [1.807, 2.05) is 0 Å². The molecule has 0 spiro atoms. The lowest BCUT2D eigenvalue weighted by atomic mass is 10.2. The summed E-state index contributed by atoms with van der Waals surface area (Å²) in [5, 5.41) is 6.53. The number of rotatable bonds is 4. The van der Waals surface area contributed by atoms with Crippen LogP contribution in [-0.2, 0) is 4.74 Å². The van der Waals surface area contributed by atoms with Crippen molar-refractivity contribution in [3.05, 3.63) is 35.8 Å². The van der Waals surface area contributed by atoms with Crippen molar-refractivity contribution in [1.29, 1.82) is 0 Å². The Morgan fingerprint density at radius 3 is 2.86 bits per heavy atom. The fraction of sp³-hybridized carbons (Fsp3) is 0.231. The molecule has 3 N–H and O–H groups in total. The summed E-state index contributed by atoms with van der Waals surface area (Å²) < 4.78 is 6.26. The van der Waals surface area contributed by atoms with Gasteiger partial charge in [0, 0.05) is 19.4 Å². The number of amides is 1. The van der Waals surface area contributed by atoms with Gasteiger partial charge in [-0.25, -0.2) is 14.5 Å². The number of esters is 1. The van der Waals surface area contributed by atoms with Crippen LogP contribution < -0.4 is 11.1 Å². The van der Waals surface area contributed by atoms with Crippen molar-refractivity contribution in [1.82, 2.24) is 20.1 Å². The third kappa shape index (κ3) is 2.83. The lowest BCUT2D eigenvalue weighted by Gasteiger charge is -2.09. The van der Waals surface area contributed by atoms with E-state index in [9.17, 15) is 9.59 Å². The van der Waals surface area contributed by atoms with Crippen LogP contribution in [0.15, 0.2) is 24.5 Å². The smallest absolute Gasteiger partial charge is 0.340 e. The molecule has 2 heterocycles. The van der Waals surface area contributed by atoms with Crippen LogP contribution in [0.25, 0.3) is 5.82 Å². The van der Waals surface area contributed by atoms with Crippen LogP contribution in [0.5, 0.6) is 0 Å². The topological polar surface area (TPSA) is 112 Å². The molecule has 0 aliphatic heterocycles. The number of aromatic nitrogens is 3. The first-order chi connectivity index (χ1) is 10.1. The Labute approximate surface area is 120 Å². The second kappa shape index (κ2) is 6.04. The highest BCUT2D eigenvalue weighted by atomic mass is 16.5. The minimum atomic E-state index is -0.530. The predicted molar refractivity (Wildman–Crippen MR) is 75.1 cm³/mol. The average molecular weight is 289 g/mol. The van der Waals surface area contributed by atoms with Crippen LogP contribution in [0, 0.1) is 0 Å². The van der Waals surface area contributed by atoms with Gasteiger partial charge in [0.15, 0.2) is 11.5 Å². The summed E-state index contributed by atoms with van der Waals surface area (Å²) in [4.78, 5) is 27.4. The SMILES string of the molecule is CCOC(=O)c1ccnc(-n2ccc(C(=O)NC)n2)c1N. The van der Waals surface area contributed by atoms with Crippen LogP contribution in [0.2, 0.25) is 0 Å². The maximum Gasteiger partial charge on any atom is 0.340 e. The number of nitrogens with one attached hydrogen (secondary N) is 1. The van der Waals surface area contributed by atoms with E-state index in [-0.39, 0.29) is 35.3 Å². The van der Waals surface area contributed by atoms with Crippen LogP contribution in [0.1, 0.15) is 27.8 Å². The summed E-state index contributed by atoms with van der Waals surface area (Å²) in [5.74, 6) is -0.595. The summed E-state index contributed by atoms with van der Waals surface area (Å²) in [6, 6.07) is 3.00. The Kier molecular flexibility index (Phi) is 4.17. The Bertz CT molecular complexity index is 680. The molecule has 21 heavy (non-hydrogen) atoms. The molecule has 2 aromatic heterocycles. The van der Waals surface area contributed by atoms with Gasteiger partial charge in [0.05, 0.1) is 17.9 Å². The average Bonchev–Trinajstić information content (AvgIpc) is 2.96. The third-order valence-corrected chi connectivity index (χ3v) is 2.73. The largest absolute Gasteiger partial charge is 0.462 e. The molecule has 110 valence electrons. The molecule has 0 aromatic carbocycles. The molecule has 0 aliphatic rings. The number of ether oxygens (including phenoxy) is 1. The highest BCUT2D eigenvalue weighted by molar-refractivity contribution is 5.96. The second-order valence-corrected chi connectivity index (χ2v) is 4.04. The van der Waals surface area contributed by atoms with Crippen molar-refractivity contribution in [2.45, 2.75) is 6.92 Å². The van der Waals surface area contributed by atoms with Crippen molar-refractivity contribution in [3.63, 3.8) is 0 Å². The molecule has 0 saturated heterocycles. The number of nitrogen functional groups attached to an aromatic ring is 1. The number of hydrogen-bond donors (Lipinski definition) is 2. The van der Waals surface area contributed by atoms with E-state index in [1.165, 1.54) is 36.3 Å². The molecular formula is C13H15N5O3. The fourth-order valence-electron chi connectivity index (χ4n) is 1.72. The van der Waals surface area contributed by atoms with E-state index in [4.69, 9.17) is 10.5 Å². The fourth-order valence-corrected chi connectivity index (χ4v) is 1.72. The highest BCUT2D eigenvalue weighted by Crippen LogP contribution is 2.19. The number of carbonyl (C=O) groups is 2. The zero-order valence-corrected chi connectivity index (χ0v) is 11.7. The Hall–Kier alpha value is -2.90. The maximum absolute atomic E-state index is 11.8. The van der Waals surface area contributed by atoms with Crippen LogP contribution >= 0.6 is 0 Å². The lowest BCUT2D eigenvalue weighted by molar-refractivity contribution is 0.0527. The molecule has 2 aromatic rings. The van der Waals surface area contributed by atoms with Gasteiger partial charge >= 0.3 is 5.97 Å². The number of carbonyl (C=O) groups excluding carboxylic acids is 2. The first-order valence-electron chi connectivity index (χ1n) is 6.28. The molecule has 0 fully saturated rings. The van der Waals surface area contributed by atoms with Crippen molar-refractivity contribution < 1.29 is 14.3 Å². The van der Waals surface area contributed by atoms with Gasteiger partial charge in [-0.1, -0.05) is 0 Å². The van der Waals surface area contributed by atoms with Crippen LogP contribution in [0.3, 0.4) is 0 Å². The Morgan fingerprint density at radius 1 is 1.43 bits per heavy atom. The molecule has 0 bridgehead atoms. The summed E-state index contributed by atoms with van der Waals surface area (Å²) in [6.07, 6.45) is 2.97. The van der Waals surface area contributed by atoms with Gasteiger partial charge in [0.25, 0.3) is 5.91 Å². The minimum Gasteiger partial charge on any atom is -0.462 e. The first kappa shape index (κ1) is 14.5. The number of anilines is 1. The first-order valence-corrected chi connectivity index (χ1v) is 6.28. The van der Waals surface area contributed by atoms with Crippen molar-refractivity contribution >= 4 is 17.6 Å². The molecule has 2 rings (SSSR count). The van der Waals surface area contributed by atoms with Gasteiger partial charge in [-0.3, -0.25) is 4.79 Å². The molecular weight excluding hydrogens is 274 g/mol. The lowest BCUT2D eigenvalue weighted by Crippen LogP contribution is -2.19. The molecule has 0 saturated carbocycles. The number of nitrogens with zero attached hydrogens (tertiary/aromatic N) is 3. The molecule has 1 amide bonds. The van der Waals surface area contributed by atoms with Gasteiger partial charge in [-0.05, 0) is 19.1 Å². The van der Waals surface area contributed by atoms with E-state index in [1.54, 1.807) is 6.92 Å². The van der Waals surface area contributed by atoms with Crippen molar-refractivity contribution in [2.75, 3.05) is 19.4 Å². The summed E-state index contributed by atoms with van der Waals surface area (Å²) >= 11 is 0. The maximum atomic E-state index is 11.8. The second-order valence-electron chi connectivity index (χ2n) is 4.04. The van der Waals surface area contributed by atoms with Crippen molar-refractivity contribution in [2.24, 2.45) is 0 Å². The highest BCUT2D eigenvalue weighted by Gasteiger charge is 2.17. The summed E-state index contributed by atoms with van der Waals surface area (Å²) in [7, 11) is 1.51. The van der Waals surface area contributed by atoms with E-state index < -0.39 is 5.97 Å². The molecule has 8 nitrogen and oxygen atoms in total. The minimum absolute atomic E-state index is 0.141. The normalized spacial score (nSPS) is 10.2. The van der Waals surface area contributed by atoms with Gasteiger partial charge in [0.2, 0.25) is 0 Å². The summed E-state index contributed by atoms with van der Waals surface area (Å²) in [6.45, 7) is 1.96. The van der Waals surface area contributed by atoms with E-state index >= 15 is 0 Å². The van der Waals surface area contributed by atoms with Crippen LogP contribution in [0.4, 0.5) is 5.69 Å². The van der Waals surface area contributed by atoms with Crippen molar-refractivity contribution in [3.8, 4) is 5.82 Å². The number of nitrogens with two attached hydrogens (primary N) is 1. The quantitative estimate of drug-likeness (QED) is 0.787. The van der Waals surface area contributed by atoms with E-state index in [2.05, 4.69) is 15.4 Å². The molecule has 0 aliphatic carbocycles. The zero-order valence-electron chi connectivity index (χ0n) is 11.7. The third-order valence-electron chi connectivity index (χ3n) is 2.73. The number of hydrogen-bond acceptors (Lipinski definition) is 6. The van der Waals surface area contributed by atoms with Gasteiger partial charge in [-0.15, -0.1) is 0 Å². The standard InChI is InChI=1S/C13H15N5O3/c1-3-21-13(20)8-4-6-16-11(10(8)14)18-7-5-9(17-18)12(19)15-2/h4-7H,3,14H2,1-2H3,(H,15,19). The number of pyridine rings is 1. The Morgan fingerprint density at radius 2 is 2.19 bits per heavy atom. The van der Waals surface area contributed by atoms with Gasteiger partial charge in [0.1, 0.15) is 0 Å². The summed E-state index contributed by atoms with van der Waals surface area (Å²) in [5.41, 5.74) is 6.51. The molecule has 0 unspecified atom stereocenters. The molecule has 0 radical (unpaired) electrons. The van der Waals surface area contributed by atoms with Crippen LogP contribution in [-0.4, -0.2) is 40.3 Å². The van der Waals surface area contributed by atoms with Gasteiger partial charge < -0.3 is 15.8 Å². The molecule has 0 atom stereocenters. The Balaban J connectivity index is 2.41.